The maximum absolute atomic E-state index is 5.77. The molecular formula is C13H17N3O. The molecule has 2 aromatic rings. The molecule has 0 unspecified atom stereocenters. The lowest BCUT2D eigenvalue weighted by molar-refractivity contribution is 0.302. The van der Waals surface area contributed by atoms with Crippen molar-refractivity contribution in [3.05, 3.63) is 47.3 Å². The van der Waals surface area contributed by atoms with Crippen LogP contribution in [0.25, 0.3) is 0 Å². The fraction of sp³-hybridized carbons (Fsp3) is 0.308. The van der Waals surface area contributed by atoms with Gasteiger partial charge in [0.05, 0.1) is 5.69 Å². The minimum Gasteiger partial charge on any atom is -0.488 e. The highest BCUT2D eigenvalue weighted by Gasteiger charge is 2.05. The van der Waals surface area contributed by atoms with Crippen LogP contribution in [0.3, 0.4) is 0 Å². The Balaban J connectivity index is 2.09. The molecule has 90 valence electrons. The Morgan fingerprint density at radius 3 is 2.71 bits per heavy atom. The molecule has 0 saturated carbocycles. The van der Waals surface area contributed by atoms with Crippen LogP contribution < -0.4 is 10.5 Å². The average Bonchev–Trinajstić information content (AvgIpc) is 2.65. The zero-order valence-electron chi connectivity index (χ0n) is 10.2. The molecule has 1 heterocycles. The molecule has 0 aliphatic heterocycles. The number of hydrogen-bond acceptors (Lipinski definition) is 3. The van der Waals surface area contributed by atoms with Crippen molar-refractivity contribution in [3.8, 4) is 5.75 Å². The molecule has 0 saturated heterocycles. The SMILES string of the molecule is Cc1nn(C)cc1COc1ccccc1CN. The predicted octanol–water partition coefficient (Wildman–Crippen LogP) is 1.77. The van der Waals surface area contributed by atoms with E-state index < -0.39 is 0 Å². The first-order chi connectivity index (χ1) is 8.20. The van der Waals surface area contributed by atoms with E-state index in [1.165, 1.54) is 0 Å². The van der Waals surface area contributed by atoms with Gasteiger partial charge in [0.25, 0.3) is 0 Å². The first kappa shape index (κ1) is 11.7. The van der Waals surface area contributed by atoms with Crippen LogP contribution >= 0.6 is 0 Å². The molecule has 1 aromatic carbocycles. The zero-order valence-corrected chi connectivity index (χ0v) is 10.2. The Kier molecular flexibility index (Phi) is 3.44. The fourth-order valence-corrected chi connectivity index (χ4v) is 1.76. The molecule has 0 fully saturated rings. The lowest BCUT2D eigenvalue weighted by Gasteiger charge is -2.09. The molecule has 17 heavy (non-hydrogen) atoms. The van der Waals surface area contributed by atoms with Gasteiger partial charge < -0.3 is 10.5 Å². The van der Waals surface area contributed by atoms with Gasteiger partial charge in [-0.15, -0.1) is 0 Å². The van der Waals surface area contributed by atoms with Gasteiger partial charge in [-0.3, -0.25) is 4.68 Å². The normalized spacial score (nSPS) is 10.5. The minimum atomic E-state index is 0.488. The van der Waals surface area contributed by atoms with Crippen molar-refractivity contribution >= 4 is 0 Å². The molecular weight excluding hydrogens is 214 g/mol. The second kappa shape index (κ2) is 5.01. The lowest BCUT2D eigenvalue weighted by atomic mass is 10.2. The van der Waals surface area contributed by atoms with Crippen LogP contribution in [0.5, 0.6) is 5.75 Å². The Hall–Kier alpha value is -1.81. The fourth-order valence-electron chi connectivity index (χ4n) is 1.76. The quantitative estimate of drug-likeness (QED) is 0.872. The summed E-state index contributed by atoms with van der Waals surface area (Å²) in [6, 6.07) is 7.83. The van der Waals surface area contributed by atoms with E-state index in [9.17, 15) is 0 Å². The third-order valence-corrected chi connectivity index (χ3v) is 2.69. The van der Waals surface area contributed by atoms with E-state index in [1.54, 1.807) is 4.68 Å². The maximum Gasteiger partial charge on any atom is 0.124 e. The van der Waals surface area contributed by atoms with E-state index in [1.807, 2.05) is 44.4 Å². The van der Waals surface area contributed by atoms with Crippen LogP contribution in [0.4, 0.5) is 0 Å². The summed E-state index contributed by atoms with van der Waals surface area (Å²) >= 11 is 0. The molecule has 0 amide bonds. The number of rotatable bonds is 4. The van der Waals surface area contributed by atoms with Gasteiger partial charge in [0.2, 0.25) is 0 Å². The van der Waals surface area contributed by atoms with Crippen molar-refractivity contribution < 1.29 is 4.74 Å². The molecule has 4 heteroatoms. The maximum atomic E-state index is 5.77. The molecule has 0 aliphatic rings. The van der Waals surface area contributed by atoms with Crippen LogP contribution in [-0.2, 0) is 20.2 Å². The van der Waals surface area contributed by atoms with Gasteiger partial charge in [0, 0.05) is 30.9 Å². The Labute approximate surface area is 101 Å². The number of benzene rings is 1. The van der Waals surface area contributed by atoms with Gasteiger partial charge >= 0.3 is 0 Å². The van der Waals surface area contributed by atoms with E-state index in [-0.39, 0.29) is 0 Å². The highest BCUT2D eigenvalue weighted by atomic mass is 16.5. The van der Waals surface area contributed by atoms with Crippen LogP contribution in [0.2, 0.25) is 0 Å². The standard InChI is InChI=1S/C13H17N3O/c1-10-12(8-16(2)15-10)9-17-13-6-4-3-5-11(13)7-14/h3-6,8H,7,9,14H2,1-2H3. The summed E-state index contributed by atoms with van der Waals surface area (Å²) < 4.78 is 7.57. The van der Waals surface area contributed by atoms with E-state index in [0.29, 0.717) is 13.2 Å². The minimum absolute atomic E-state index is 0.488. The molecule has 2 rings (SSSR count). The summed E-state index contributed by atoms with van der Waals surface area (Å²) in [5.74, 6) is 0.846. The van der Waals surface area contributed by atoms with Gasteiger partial charge in [0.15, 0.2) is 0 Å². The average molecular weight is 231 g/mol. The third kappa shape index (κ3) is 2.65. The monoisotopic (exact) mass is 231 g/mol. The van der Waals surface area contributed by atoms with Crippen molar-refractivity contribution in [3.63, 3.8) is 0 Å². The number of para-hydroxylation sites is 1. The molecule has 1 aromatic heterocycles. The summed E-state index contributed by atoms with van der Waals surface area (Å²) in [4.78, 5) is 0. The van der Waals surface area contributed by atoms with Crippen LogP contribution in [-0.4, -0.2) is 9.78 Å². The Bertz CT molecular complexity index is 505. The molecule has 0 atom stereocenters. The van der Waals surface area contributed by atoms with Crippen molar-refractivity contribution in [1.82, 2.24) is 9.78 Å². The Morgan fingerprint density at radius 1 is 1.29 bits per heavy atom. The highest BCUT2D eigenvalue weighted by Crippen LogP contribution is 2.19. The molecule has 0 spiro atoms. The number of nitrogens with two attached hydrogens (primary N) is 1. The summed E-state index contributed by atoms with van der Waals surface area (Å²) in [7, 11) is 1.91. The number of hydrogen-bond donors (Lipinski definition) is 1. The van der Waals surface area contributed by atoms with Crippen molar-refractivity contribution in [2.45, 2.75) is 20.1 Å². The van der Waals surface area contributed by atoms with Crippen LogP contribution in [0, 0.1) is 6.92 Å². The van der Waals surface area contributed by atoms with E-state index >= 15 is 0 Å². The van der Waals surface area contributed by atoms with Crippen molar-refractivity contribution in [2.24, 2.45) is 12.8 Å². The largest absolute Gasteiger partial charge is 0.488 e. The first-order valence-corrected chi connectivity index (χ1v) is 5.60. The molecule has 0 aliphatic carbocycles. The zero-order chi connectivity index (χ0) is 12.3. The van der Waals surface area contributed by atoms with Gasteiger partial charge in [-0.2, -0.15) is 5.10 Å². The summed E-state index contributed by atoms with van der Waals surface area (Å²) in [6.07, 6.45) is 1.97. The molecule has 0 bridgehead atoms. The summed E-state index contributed by atoms with van der Waals surface area (Å²) in [5, 5.41) is 4.28. The smallest absolute Gasteiger partial charge is 0.124 e. The topological polar surface area (TPSA) is 53.1 Å². The second-order valence-electron chi connectivity index (χ2n) is 4.01. The Morgan fingerprint density at radius 2 is 2.06 bits per heavy atom. The number of nitrogens with zero attached hydrogens (tertiary/aromatic N) is 2. The van der Waals surface area contributed by atoms with E-state index in [0.717, 1.165) is 22.6 Å². The van der Waals surface area contributed by atoms with E-state index in [4.69, 9.17) is 10.5 Å². The summed E-state index contributed by atoms with van der Waals surface area (Å²) in [6.45, 7) is 2.99. The van der Waals surface area contributed by atoms with Crippen LogP contribution in [0.1, 0.15) is 16.8 Å². The molecule has 4 nitrogen and oxygen atoms in total. The second-order valence-corrected chi connectivity index (χ2v) is 4.01. The number of aromatic nitrogens is 2. The third-order valence-electron chi connectivity index (χ3n) is 2.69. The van der Waals surface area contributed by atoms with Crippen LogP contribution in [0.15, 0.2) is 30.5 Å². The van der Waals surface area contributed by atoms with Crippen molar-refractivity contribution in [2.75, 3.05) is 0 Å². The summed E-state index contributed by atoms with van der Waals surface area (Å²) in [5.41, 5.74) is 8.77. The highest BCUT2D eigenvalue weighted by molar-refractivity contribution is 5.33. The lowest BCUT2D eigenvalue weighted by Crippen LogP contribution is -2.02. The van der Waals surface area contributed by atoms with Gasteiger partial charge in [0.1, 0.15) is 12.4 Å². The van der Waals surface area contributed by atoms with E-state index in [2.05, 4.69) is 5.10 Å². The number of aryl methyl sites for hydroxylation is 2. The number of ether oxygens (including phenoxy) is 1. The van der Waals surface area contributed by atoms with Gasteiger partial charge in [-0.05, 0) is 13.0 Å². The van der Waals surface area contributed by atoms with Gasteiger partial charge in [-0.1, -0.05) is 18.2 Å². The first-order valence-electron chi connectivity index (χ1n) is 5.60. The van der Waals surface area contributed by atoms with Crippen molar-refractivity contribution in [1.29, 1.82) is 0 Å². The molecule has 0 radical (unpaired) electrons. The molecule has 2 N–H and O–H groups in total. The predicted molar refractivity (Wildman–Crippen MR) is 66.6 cm³/mol. The van der Waals surface area contributed by atoms with Gasteiger partial charge in [-0.25, -0.2) is 0 Å².